The molecule has 0 radical (unpaired) electrons. The van der Waals surface area contributed by atoms with Crippen molar-refractivity contribution in [3.63, 3.8) is 0 Å². The van der Waals surface area contributed by atoms with Crippen LogP contribution >= 0.6 is 0 Å². The van der Waals surface area contributed by atoms with Crippen LogP contribution in [0.1, 0.15) is 28.3 Å². The quantitative estimate of drug-likeness (QED) is 0.316. The largest absolute Gasteiger partial charge is 0.454 e. The molecule has 0 bridgehead atoms. The molecule has 172 valence electrons. The number of benzene rings is 2. The monoisotopic (exact) mass is 455 g/mol. The molecule has 2 aromatic heterocycles. The average molecular weight is 456 g/mol. The Balaban J connectivity index is 1.42. The number of hydrogen-bond acceptors (Lipinski definition) is 8. The van der Waals surface area contributed by atoms with Gasteiger partial charge in [-0.25, -0.2) is 9.48 Å². The first-order chi connectivity index (χ1) is 16.4. The van der Waals surface area contributed by atoms with E-state index in [4.69, 9.17) is 10.5 Å². The zero-order chi connectivity index (χ0) is 24.1. The van der Waals surface area contributed by atoms with Gasteiger partial charge in [-0.15, -0.1) is 0 Å². The fraction of sp³-hybridized carbons (Fsp3) is 0.160. The third-order valence-electron chi connectivity index (χ3n) is 5.17. The van der Waals surface area contributed by atoms with E-state index in [0.717, 1.165) is 33.9 Å². The molecule has 9 nitrogen and oxygen atoms in total. The molecule has 4 rings (SSSR count). The van der Waals surface area contributed by atoms with E-state index in [0.29, 0.717) is 0 Å². The summed E-state index contributed by atoms with van der Waals surface area (Å²) in [5.74, 6) is 0.0310. The summed E-state index contributed by atoms with van der Waals surface area (Å²) in [7, 11) is 0. The summed E-state index contributed by atoms with van der Waals surface area (Å²) in [6.45, 7) is 5.68. The summed E-state index contributed by atoms with van der Waals surface area (Å²) in [5.41, 5.74) is 11.2. The van der Waals surface area contributed by atoms with Gasteiger partial charge in [-0.05, 0) is 50.6 Å². The highest BCUT2D eigenvalue weighted by Gasteiger charge is 2.12. The van der Waals surface area contributed by atoms with Crippen LogP contribution in [0.15, 0.2) is 60.7 Å². The summed E-state index contributed by atoms with van der Waals surface area (Å²) in [4.78, 5) is 24.8. The van der Waals surface area contributed by atoms with Gasteiger partial charge < -0.3 is 15.8 Å². The number of ether oxygens (including phenoxy) is 1. The Morgan fingerprint density at radius 2 is 1.76 bits per heavy atom. The van der Waals surface area contributed by atoms with E-state index in [2.05, 4.69) is 25.4 Å². The van der Waals surface area contributed by atoms with Crippen molar-refractivity contribution in [2.45, 2.75) is 27.4 Å². The highest BCUT2D eigenvalue weighted by Crippen LogP contribution is 2.20. The van der Waals surface area contributed by atoms with Crippen LogP contribution < -0.4 is 11.1 Å². The SMILES string of the molecule is Cc1ccccc1Nc1nc(N)nc(COC(=O)/C=C/c2c(C)nn(-c3ccccc3)c2C)n1. The number of hydrogen-bond donors (Lipinski definition) is 2. The lowest BCUT2D eigenvalue weighted by molar-refractivity contribution is -0.139. The lowest BCUT2D eigenvalue weighted by Crippen LogP contribution is -2.10. The first-order valence-corrected chi connectivity index (χ1v) is 10.7. The van der Waals surface area contributed by atoms with E-state index in [9.17, 15) is 4.79 Å². The van der Waals surface area contributed by atoms with Crippen molar-refractivity contribution < 1.29 is 9.53 Å². The second kappa shape index (κ2) is 9.95. The molecular weight excluding hydrogens is 430 g/mol. The van der Waals surface area contributed by atoms with Gasteiger partial charge in [0, 0.05) is 23.0 Å². The third kappa shape index (κ3) is 5.26. The molecule has 0 saturated heterocycles. The fourth-order valence-electron chi connectivity index (χ4n) is 3.44. The number of nitrogens with two attached hydrogens (primary N) is 1. The predicted molar refractivity (Wildman–Crippen MR) is 131 cm³/mol. The Kier molecular flexibility index (Phi) is 6.63. The van der Waals surface area contributed by atoms with Crippen LogP contribution in [-0.2, 0) is 16.1 Å². The summed E-state index contributed by atoms with van der Waals surface area (Å²) < 4.78 is 7.16. The number of nitrogens with zero attached hydrogens (tertiary/aromatic N) is 5. The van der Waals surface area contributed by atoms with E-state index in [1.54, 1.807) is 6.08 Å². The number of carbonyl (C=O) groups excluding carboxylic acids is 1. The van der Waals surface area contributed by atoms with Gasteiger partial charge in [0.05, 0.1) is 11.4 Å². The number of para-hydroxylation sites is 2. The smallest absolute Gasteiger partial charge is 0.331 e. The minimum Gasteiger partial charge on any atom is -0.454 e. The van der Waals surface area contributed by atoms with Crippen molar-refractivity contribution in [2.75, 3.05) is 11.1 Å². The number of nitrogens with one attached hydrogen (secondary N) is 1. The fourth-order valence-corrected chi connectivity index (χ4v) is 3.44. The van der Waals surface area contributed by atoms with Crippen molar-refractivity contribution in [1.82, 2.24) is 24.7 Å². The molecule has 0 saturated carbocycles. The van der Waals surface area contributed by atoms with Crippen molar-refractivity contribution in [2.24, 2.45) is 0 Å². The van der Waals surface area contributed by atoms with Crippen LogP contribution in [0.2, 0.25) is 0 Å². The zero-order valence-electron chi connectivity index (χ0n) is 19.2. The van der Waals surface area contributed by atoms with Crippen LogP contribution in [-0.4, -0.2) is 30.7 Å². The van der Waals surface area contributed by atoms with E-state index < -0.39 is 5.97 Å². The number of carbonyl (C=O) groups is 1. The van der Waals surface area contributed by atoms with E-state index >= 15 is 0 Å². The van der Waals surface area contributed by atoms with Crippen LogP contribution in [0.5, 0.6) is 0 Å². The Bertz CT molecular complexity index is 1350. The number of aryl methyl sites for hydroxylation is 2. The Morgan fingerprint density at radius 1 is 1.03 bits per heavy atom. The van der Waals surface area contributed by atoms with Crippen LogP contribution in [0, 0.1) is 20.8 Å². The molecule has 34 heavy (non-hydrogen) atoms. The number of anilines is 3. The molecule has 0 aliphatic carbocycles. The van der Waals surface area contributed by atoms with Crippen LogP contribution in [0.4, 0.5) is 17.6 Å². The van der Waals surface area contributed by atoms with Gasteiger partial charge in [0.1, 0.15) is 0 Å². The molecule has 0 unspecified atom stereocenters. The molecule has 0 spiro atoms. The predicted octanol–water partition coefficient (Wildman–Crippen LogP) is 4.06. The average Bonchev–Trinajstić information content (AvgIpc) is 3.11. The van der Waals surface area contributed by atoms with Gasteiger partial charge in [0.25, 0.3) is 0 Å². The molecule has 0 amide bonds. The first-order valence-electron chi connectivity index (χ1n) is 10.7. The van der Waals surface area contributed by atoms with Crippen LogP contribution in [0.25, 0.3) is 11.8 Å². The molecule has 0 aliphatic heterocycles. The Labute approximate surface area is 197 Å². The second-order valence-corrected chi connectivity index (χ2v) is 7.65. The summed E-state index contributed by atoms with van der Waals surface area (Å²) in [5, 5.41) is 7.69. The number of nitrogen functional groups attached to an aromatic ring is 1. The van der Waals surface area contributed by atoms with Gasteiger partial charge in [0.2, 0.25) is 11.9 Å². The third-order valence-corrected chi connectivity index (χ3v) is 5.17. The standard InChI is InChI=1S/C25H25N7O2/c1-16-9-7-8-12-21(16)27-25-29-22(28-24(26)30-25)15-34-23(33)14-13-20-17(2)31-32(18(20)3)19-10-5-4-6-11-19/h4-14H,15H2,1-3H3,(H3,26,27,28,29,30)/b14-13+. The van der Waals surface area contributed by atoms with Gasteiger partial charge in [-0.3, -0.25) is 0 Å². The molecule has 0 aliphatic rings. The number of aromatic nitrogens is 5. The van der Waals surface area contributed by atoms with Crippen molar-refractivity contribution in [3.05, 3.63) is 89.0 Å². The lowest BCUT2D eigenvalue weighted by atomic mass is 10.2. The van der Waals surface area contributed by atoms with Gasteiger partial charge >= 0.3 is 5.97 Å². The highest BCUT2D eigenvalue weighted by atomic mass is 16.5. The molecule has 2 aromatic carbocycles. The lowest BCUT2D eigenvalue weighted by Gasteiger charge is -2.09. The molecule has 3 N–H and O–H groups in total. The molecule has 9 heteroatoms. The van der Waals surface area contributed by atoms with Crippen molar-refractivity contribution in [3.8, 4) is 5.69 Å². The van der Waals surface area contributed by atoms with Crippen molar-refractivity contribution >= 4 is 29.6 Å². The van der Waals surface area contributed by atoms with Gasteiger partial charge in [-0.1, -0.05) is 36.4 Å². The first kappa shape index (κ1) is 22.7. The topological polar surface area (TPSA) is 121 Å². The maximum absolute atomic E-state index is 12.3. The molecule has 2 heterocycles. The van der Waals surface area contributed by atoms with E-state index in [-0.39, 0.29) is 24.3 Å². The highest BCUT2D eigenvalue weighted by molar-refractivity contribution is 5.87. The minimum atomic E-state index is -0.529. The number of esters is 1. The summed E-state index contributed by atoms with van der Waals surface area (Å²) >= 11 is 0. The summed E-state index contributed by atoms with van der Waals surface area (Å²) in [6.07, 6.45) is 3.07. The molecular formula is C25H25N7O2. The molecule has 0 fully saturated rings. The Hall–Kier alpha value is -4.53. The summed E-state index contributed by atoms with van der Waals surface area (Å²) in [6, 6.07) is 17.5. The Morgan fingerprint density at radius 3 is 2.53 bits per heavy atom. The molecule has 0 atom stereocenters. The van der Waals surface area contributed by atoms with Crippen molar-refractivity contribution in [1.29, 1.82) is 0 Å². The van der Waals surface area contributed by atoms with Gasteiger partial charge in [-0.2, -0.15) is 20.1 Å². The maximum Gasteiger partial charge on any atom is 0.331 e. The second-order valence-electron chi connectivity index (χ2n) is 7.65. The molecule has 4 aromatic rings. The van der Waals surface area contributed by atoms with E-state index in [1.807, 2.05) is 80.1 Å². The maximum atomic E-state index is 12.3. The normalized spacial score (nSPS) is 11.0. The van der Waals surface area contributed by atoms with Gasteiger partial charge in [0.15, 0.2) is 12.4 Å². The zero-order valence-corrected chi connectivity index (χ0v) is 19.2. The number of rotatable bonds is 7. The van der Waals surface area contributed by atoms with Crippen LogP contribution in [0.3, 0.4) is 0 Å². The van der Waals surface area contributed by atoms with E-state index in [1.165, 1.54) is 6.08 Å². The minimum absolute atomic E-state index is 0.0345.